The van der Waals surface area contributed by atoms with Crippen molar-refractivity contribution in [2.45, 2.75) is 13.8 Å². The highest BCUT2D eigenvalue weighted by Gasteiger charge is 2.12. The molecule has 0 aliphatic rings. The van der Waals surface area contributed by atoms with Gasteiger partial charge in [0.05, 0.1) is 11.0 Å². The van der Waals surface area contributed by atoms with Crippen molar-refractivity contribution < 1.29 is 0 Å². The molecule has 0 aliphatic carbocycles. The highest BCUT2D eigenvalue weighted by Crippen LogP contribution is 2.37. The Bertz CT molecular complexity index is 1400. The standard InChI is InChI=1S/C28H18N2.C2H6/c1-3-7-19(8-4-1)21-11-13-23-25(17-21)26-18-22(20-9-5-2-6-10-20)12-14-24(26)28-27(23)29-15-16-30-28;1-2/h1-18H;1-2H3. The molecular weight excluding hydrogens is 388 g/mol. The molecule has 154 valence electrons. The predicted octanol–water partition coefficient (Wildman–Crippen LogP) is 8.30. The van der Waals surface area contributed by atoms with E-state index in [-0.39, 0.29) is 0 Å². The van der Waals surface area contributed by atoms with Crippen molar-refractivity contribution in [3.05, 3.63) is 109 Å². The van der Waals surface area contributed by atoms with Crippen LogP contribution in [0.3, 0.4) is 0 Å². The Morgan fingerprint density at radius 2 is 0.812 bits per heavy atom. The van der Waals surface area contributed by atoms with E-state index in [9.17, 15) is 0 Å². The van der Waals surface area contributed by atoms with E-state index in [0.29, 0.717) is 0 Å². The van der Waals surface area contributed by atoms with Gasteiger partial charge in [0.2, 0.25) is 0 Å². The molecule has 2 heteroatoms. The van der Waals surface area contributed by atoms with Crippen LogP contribution in [0.2, 0.25) is 0 Å². The molecule has 0 saturated heterocycles. The Balaban J connectivity index is 0.00000105. The van der Waals surface area contributed by atoms with Gasteiger partial charge in [-0.3, -0.25) is 9.97 Å². The Morgan fingerprint density at radius 3 is 1.22 bits per heavy atom. The maximum Gasteiger partial charge on any atom is 0.0971 e. The van der Waals surface area contributed by atoms with Crippen molar-refractivity contribution in [3.8, 4) is 22.3 Å². The summed E-state index contributed by atoms with van der Waals surface area (Å²) in [5, 5.41) is 4.68. The summed E-state index contributed by atoms with van der Waals surface area (Å²) in [6.07, 6.45) is 3.55. The second-order valence-corrected chi connectivity index (χ2v) is 7.51. The van der Waals surface area contributed by atoms with Crippen LogP contribution in [0.1, 0.15) is 13.8 Å². The van der Waals surface area contributed by atoms with Crippen LogP contribution in [0.15, 0.2) is 109 Å². The zero-order chi connectivity index (χ0) is 21.9. The summed E-state index contributed by atoms with van der Waals surface area (Å²) in [5.41, 5.74) is 6.74. The monoisotopic (exact) mass is 412 g/mol. The van der Waals surface area contributed by atoms with Crippen molar-refractivity contribution in [1.82, 2.24) is 9.97 Å². The van der Waals surface area contributed by atoms with Crippen molar-refractivity contribution in [3.63, 3.8) is 0 Å². The van der Waals surface area contributed by atoms with E-state index in [0.717, 1.165) is 21.8 Å². The maximum absolute atomic E-state index is 4.68. The minimum absolute atomic E-state index is 0.951. The zero-order valence-electron chi connectivity index (χ0n) is 18.3. The highest BCUT2D eigenvalue weighted by molar-refractivity contribution is 6.24. The molecule has 0 N–H and O–H groups in total. The van der Waals surface area contributed by atoms with Crippen LogP contribution in [0, 0.1) is 0 Å². The van der Waals surface area contributed by atoms with E-state index in [4.69, 9.17) is 0 Å². The summed E-state index contributed by atoms with van der Waals surface area (Å²) in [7, 11) is 0. The molecule has 0 atom stereocenters. The number of nitrogens with zero attached hydrogens (tertiary/aromatic N) is 2. The fourth-order valence-corrected chi connectivity index (χ4v) is 4.30. The number of fused-ring (bicyclic) bond motifs is 6. The predicted molar refractivity (Wildman–Crippen MR) is 137 cm³/mol. The highest BCUT2D eigenvalue weighted by atomic mass is 14.8. The Labute approximate surface area is 188 Å². The topological polar surface area (TPSA) is 25.8 Å². The van der Waals surface area contributed by atoms with Crippen LogP contribution in [0.5, 0.6) is 0 Å². The van der Waals surface area contributed by atoms with Crippen LogP contribution < -0.4 is 0 Å². The van der Waals surface area contributed by atoms with Gasteiger partial charge in [-0.05, 0) is 45.2 Å². The molecule has 0 radical (unpaired) electrons. The summed E-state index contributed by atoms with van der Waals surface area (Å²) < 4.78 is 0. The lowest BCUT2D eigenvalue weighted by atomic mass is 9.93. The van der Waals surface area contributed by atoms with Crippen molar-refractivity contribution in [2.24, 2.45) is 0 Å². The molecule has 6 rings (SSSR count). The summed E-state index contributed by atoms with van der Waals surface area (Å²) in [4.78, 5) is 9.36. The minimum atomic E-state index is 0.951. The first kappa shape index (κ1) is 19.9. The first-order valence-electron chi connectivity index (χ1n) is 11.1. The van der Waals surface area contributed by atoms with Gasteiger partial charge in [-0.2, -0.15) is 0 Å². The van der Waals surface area contributed by atoms with Crippen LogP contribution in [0.4, 0.5) is 0 Å². The summed E-state index contributed by atoms with van der Waals surface area (Å²) in [5.74, 6) is 0. The Kier molecular flexibility index (Phi) is 5.35. The van der Waals surface area contributed by atoms with Gasteiger partial charge in [0.25, 0.3) is 0 Å². The van der Waals surface area contributed by atoms with E-state index < -0.39 is 0 Å². The second-order valence-electron chi connectivity index (χ2n) is 7.51. The van der Waals surface area contributed by atoms with Gasteiger partial charge < -0.3 is 0 Å². The molecular formula is C30H24N2. The van der Waals surface area contributed by atoms with E-state index in [2.05, 4.69) is 107 Å². The van der Waals surface area contributed by atoms with Crippen molar-refractivity contribution in [2.75, 3.05) is 0 Å². The molecule has 1 heterocycles. The third-order valence-electron chi connectivity index (χ3n) is 5.75. The minimum Gasteiger partial charge on any atom is -0.252 e. The molecule has 6 aromatic rings. The average Bonchev–Trinajstić information content (AvgIpc) is 2.90. The van der Waals surface area contributed by atoms with Crippen molar-refractivity contribution >= 4 is 32.6 Å². The van der Waals surface area contributed by atoms with Crippen LogP contribution >= 0.6 is 0 Å². The lowest BCUT2D eigenvalue weighted by Crippen LogP contribution is -1.90. The van der Waals surface area contributed by atoms with Crippen LogP contribution in [-0.2, 0) is 0 Å². The molecule has 0 spiro atoms. The smallest absolute Gasteiger partial charge is 0.0971 e. The SMILES string of the molecule is CC.c1ccc(-c2ccc3c(c2)c2cc(-c4ccccc4)ccc2c2nccnc32)cc1. The van der Waals surface area contributed by atoms with E-state index in [1.165, 1.54) is 33.0 Å². The third-order valence-corrected chi connectivity index (χ3v) is 5.75. The molecule has 0 unspecified atom stereocenters. The molecule has 1 aromatic heterocycles. The van der Waals surface area contributed by atoms with Gasteiger partial charge in [-0.15, -0.1) is 0 Å². The first-order chi connectivity index (χ1) is 15.9. The van der Waals surface area contributed by atoms with Crippen LogP contribution in [0.25, 0.3) is 54.8 Å². The summed E-state index contributed by atoms with van der Waals surface area (Å²) in [6.45, 7) is 4.00. The van der Waals surface area contributed by atoms with Gasteiger partial charge in [0, 0.05) is 23.2 Å². The summed E-state index contributed by atoms with van der Waals surface area (Å²) in [6, 6.07) is 34.3. The Hall–Kier alpha value is -4.04. The molecule has 32 heavy (non-hydrogen) atoms. The molecule has 0 fully saturated rings. The normalized spacial score (nSPS) is 10.8. The maximum atomic E-state index is 4.68. The molecule has 0 aliphatic heterocycles. The largest absolute Gasteiger partial charge is 0.252 e. The van der Waals surface area contributed by atoms with E-state index >= 15 is 0 Å². The number of hydrogen-bond donors (Lipinski definition) is 0. The zero-order valence-corrected chi connectivity index (χ0v) is 18.3. The second kappa shape index (κ2) is 8.60. The fraction of sp³-hybridized carbons (Fsp3) is 0.0667. The molecule has 0 bridgehead atoms. The van der Waals surface area contributed by atoms with Gasteiger partial charge in [-0.25, -0.2) is 0 Å². The molecule has 2 nitrogen and oxygen atoms in total. The van der Waals surface area contributed by atoms with Gasteiger partial charge in [0.1, 0.15) is 0 Å². The van der Waals surface area contributed by atoms with Gasteiger partial charge >= 0.3 is 0 Å². The fourth-order valence-electron chi connectivity index (χ4n) is 4.30. The lowest BCUT2D eigenvalue weighted by Gasteiger charge is -2.12. The summed E-state index contributed by atoms with van der Waals surface area (Å²) >= 11 is 0. The Morgan fingerprint density at radius 1 is 0.406 bits per heavy atom. The van der Waals surface area contributed by atoms with Gasteiger partial charge in [-0.1, -0.05) is 98.8 Å². The van der Waals surface area contributed by atoms with E-state index in [1.807, 2.05) is 13.8 Å². The molecule has 0 amide bonds. The number of benzene rings is 5. The molecule has 0 saturated carbocycles. The van der Waals surface area contributed by atoms with Gasteiger partial charge in [0.15, 0.2) is 0 Å². The quantitative estimate of drug-likeness (QED) is 0.267. The lowest BCUT2D eigenvalue weighted by molar-refractivity contribution is 1.31. The van der Waals surface area contributed by atoms with Crippen molar-refractivity contribution in [1.29, 1.82) is 0 Å². The third kappa shape index (κ3) is 3.40. The number of rotatable bonds is 2. The number of aromatic nitrogens is 2. The van der Waals surface area contributed by atoms with E-state index in [1.54, 1.807) is 12.4 Å². The van der Waals surface area contributed by atoms with Crippen LogP contribution in [-0.4, -0.2) is 9.97 Å². The first-order valence-corrected chi connectivity index (χ1v) is 11.1. The molecule has 5 aromatic carbocycles. The average molecular weight is 413 g/mol. The number of hydrogen-bond acceptors (Lipinski definition) is 2.